The quantitative estimate of drug-likeness (QED) is 0.177. The molecule has 0 aliphatic heterocycles. The molecule has 4 N–H and O–H groups in total. The number of carbonyl (C=O) groups excluding carboxylic acids is 1. The van der Waals surface area contributed by atoms with Gasteiger partial charge in [-0.25, -0.2) is 0 Å². The van der Waals surface area contributed by atoms with Crippen LogP contribution in [0.5, 0.6) is 0 Å². The third kappa shape index (κ3) is 7.84. The van der Waals surface area contributed by atoms with Crippen LogP contribution in [-0.2, 0) is 6.54 Å². The number of thioether (sulfide) groups is 1. The van der Waals surface area contributed by atoms with Gasteiger partial charge in [-0.05, 0) is 42.0 Å². The van der Waals surface area contributed by atoms with Crippen LogP contribution in [0.3, 0.4) is 0 Å². The molecule has 140 valence electrons. The molecule has 0 heterocycles. The Bertz CT molecular complexity index is 723. The number of nitrogens with one attached hydrogen (secondary N) is 2. The second kappa shape index (κ2) is 12.0. The Hall–Kier alpha value is -1.45. The molecule has 0 bridgehead atoms. The molecule has 0 aliphatic carbocycles. The van der Waals surface area contributed by atoms with Gasteiger partial charge in [-0.2, -0.15) is 0 Å². The van der Waals surface area contributed by atoms with Gasteiger partial charge in [-0.3, -0.25) is 9.79 Å². The van der Waals surface area contributed by atoms with E-state index in [4.69, 9.17) is 17.3 Å². The number of amides is 1. The Morgan fingerprint density at radius 2 is 1.77 bits per heavy atom. The molecular weight excluding hydrogens is 483 g/mol. The summed E-state index contributed by atoms with van der Waals surface area (Å²) in [5, 5.41) is 7.25. The van der Waals surface area contributed by atoms with Crippen LogP contribution >= 0.6 is 47.3 Å². The van der Waals surface area contributed by atoms with E-state index in [0.29, 0.717) is 12.1 Å². The molecule has 2 aromatic carbocycles. The van der Waals surface area contributed by atoms with Crippen LogP contribution in [0.4, 0.5) is 0 Å². The molecule has 8 heteroatoms. The van der Waals surface area contributed by atoms with Crippen molar-refractivity contribution in [3.63, 3.8) is 0 Å². The number of rotatable bonds is 7. The fourth-order valence-corrected chi connectivity index (χ4v) is 2.96. The zero-order valence-corrected chi connectivity index (χ0v) is 18.3. The van der Waals surface area contributed by atoms with Crippen LogP contribution in [0.25, 0.3) is 0 Å². The Morgan fingerprint density at radius 1 is 1.12 bits per heavy atom. The molecule has 0 spiro atoms. The fourth-order valence-electron chi connectivity index (χ4n) is 2.06. The van der Waals surface area contributed by atoms with Gasteiger partial charge in [0.2, 0.25) is 5.91 Å². The summed E-state index contributed by atoms with van der Waals surface area (Å²) in [5.41, 5.74) is 6.78. The van der Waals surface area contributed by atoms with E-state index in [9.17, 15) is 4.79 Å². The lowest BCUT2D eigenvalue weighted by atomic mass is 10.1. The van der Waals surface area contributed by atoms with E-state index in [1.54, 1.807) is 30.9 Å². The maximum absolute atomic E-state index is 11.1. The van der Waals surface area contributed by atoms with Gasteiger partial charge in [0.05, 0.1) is 0 Å². The van der Waals surface area contributed by atoms with Crippen LogP contribution in [0, 0.1) is 0 Å². The maximum atomic E-state index is 11.1. The van der Waals surface area contributed by atoms with Crippen molar-refractivity contribution in [1.29, 1.82) is 0 Å². The van der Waals surface area contributed by atoms with Gasteiger partial charge in [0.1, 0.15) is 0 Å². The highest BCUT2D eigenvalue weighted by Crippen LogP contribution is 2.19. The topological polar surface area (TPSA) is 79.5 Å². The minimum Gasteiger partial charge on any atom is -0.366 e. The van der Waals surface area contributed by atoms with E-state index in [2.05, 4.69) is 15.6 Å². The Balaban J connectivity index is 0.00000338. The van der Waals surface area contributed by atoms with Gasteiger partial charge >= 0.3 is 0 Å². The molecule has 0 saturated heterocycles. The lowest BCUT2D eigenvalue weighted by Gasteiger charge is -2.12. The van der Waals surface area contributed by atoms with Crippen molar-refractivity contribution in [2.45, 2.75) is 11.4 Å². The van der Waals surface area contributed by atoms with Crippen LogP contribution < -0.4 is 16.4 Å². The minimum absolute atomic E-state index is 0. The maximum Gasteiger partial charge on any atom is 0.248 e. The smallest absolute Gasteiger partial charge is 0.248 e. The molecule has 5 nitrogen and oxygen atoms in total. The molecule has 26 heavy (non-hydrogen) atoms. The lowest BCUT2D eigenvalue weighted by Crippen LogP contribution is -2.37. The fraction of sp³-hybridized carbons (Fsp3) is 0.222. The summed E-state index contributed by atoms with van der Waals surface area (Å²) in [6.45, 7) is 1.40. The first kappa shape index (κ1) is 22.6. The molecule has 0 fully saturated rings. The molecular formula is C18H22ClIN4OS. The van der Waals surface area contributed by atoms with Gasteiger partial charge in [0.25, 0.3) is 0 Å². The third-order valence-electron chi connectivity index (χ3n) is 3.40. The van der Waals surface area contributed by atoms with Crippen molar-refractivity contribution in [1.82, 2.24) is 10.6 Å². The number of benzene rings is 2. The first-order chi connectivity index (χ1) is 12.1. The summed E-state index contributed by atoms with van der Waals surface area (Å²) in [6, 6.07) is 15.0. The van der Waals surface area contributed by atoms with Crippen molar-refractivity contribution in [3.05, 3.63) is 64.7 Å². The highest BCUT2D eigenvalue weighted by atomic mass is 127. The molecule has 2 rings (SSSR count). The summed E-state index contributed by atoms with van der Waals surface area (Å²) in [5.74, 6) is 1.22. The first-order valence-electron chi connectivity index (χ1n) is 7.80. The van der Waals surface area contributed by atoms with Gasteiger partial charge in [0, 0.05) is 41.4 Å². The Labute approximate surface area is 180 Å². The third-order valence-corrected chi connectivity index (χ3v) is 4.66. The number of guanidine groups is 1. The average Bonchev–Trinajstić information content (AvgIpc) is 2.63. The molecule has 2 aromatic rings. The van der Waals surface area contributed by atoms with E-state index in [1.807, 2.05) is 36.4 Å². The number of carbonyl (C=O) groups is 1. The number of primary amides is 1. The highest BCUT2D eigenvalue weighted by Gasteiger charge is 2.02. The summed E-state index contributed by atoms with van der Waals surface area (Å²) in [4.78, 5) is 16.4. The van der Waals surface area contributed by atoms with E-state index >= 15 is 0 Å². The van der Waals surface area contributed by atoms with E-state index in [-0.39, 0.29) is 24.0 Å². The summed E-state index contributed by atoms with van der Waals surface area (Å²) >= 11 is 7.63. The second-order valence-corrected chi connectivity index (χ2v) is 6.82. The molecule has 0 aliphatic rings. The number of hydrogen-bond donors (Lipinski definition) is 3. The largest absolute Gasteiger partial charge is 0.366 e. The van der Waals surface area contributed by atoms with Crippen LogP contribution in [0.1, 0.15) is 15.9 Å². The van der Waals surface area contributed by atoms with E-state index in [1.165, 1.54) is 4.90 Å². The van der Waals surface area contributed by atoms with Gasteiger partial charge in [0.15, 0.2) is 5.96 Å². The summed E-state index contributed by atoms with van der Waals surface area (Å²) in [6.07, 6.45) is 0. The van der Waals surface area contributed by atoms with Crippen molar-refractivity contribution < 1.29 is 4.79 Å². The van der Waals surface area contributed by atoms with E-state index in [0.717, 1.165) is 28.8 Å². The zero-order chi connectivity index (χ0) is 18.1. The Morgan fingerprint density at radius 3 is 2.35 bits per heavy atom. The van der Waals surface area contributed by atoms with Crippen molar-refractivity contribution >= 4 is 59.2 Å². The molecule has 1 amide bonds. The normalized spacial score (nSPS) is 10.8. The summed E-state index contributed by atoms with van der Waals surface area (Å²) < 4.78 is 0. The first-order valence-corrected chi connectivity index (χ1v) is 9.16. The SMILES string of the molecule is CN=C(NCCSc1ccc(Cl)cc1)NCc1ccc(C(N)=O)cc1.I. The molecule has 0 atom stereocenters. The van der Waals surface area contributed by atoms with Crippen LogP contribution in [0.2, 0.25) is 5.02 Å². The minimum atomic E-state index is -0.421. The second-order valence-electron chi connectivity index (χ2n) is 5.22. The number of hydrogen-bond acceptors (Lipinski definition) is 3. The predicted octanol–water partition coefficient (Wildman–Crippen LogP) is 3.51. The molecule has 0 aromatic heterocycles. The van der Waals surface area contributed by atoms with Gasteiger partial charge in [-0.1, -0.05) is 23.7 Å². The number of halogens is 2. The van der Waals surface area contributed by atoms with Crippen molar-refractivity contribution in [3.8, 4) is 0 Å². The molecule has 0 saturated carbocycles. The predicted molar refractivity (Wildman–Crippen MR) is 121 cm³/mol. The standard InChI is InChI=1S/C18H21ClN4OS.HI/c1-21-18(22-10-11-25-16-8-6-15(19)7-9-16)23-12-13-2-4-14(5-3-13)17(20)24;/h2-9H,10-12H2,1H3,(H2,20,24)(H2,21,22,23);1H. The Kier molecular flexibility index (Phi) is 10.5. The van der Waals surface area contributed by atoms with E-state index < -0.39 is 5.91 Å². The highest BCUT2D eigenvalue weighted by molar-refractivity contribution is 14.0. The molecule has 0 radical (unpaired) electrons. The van der Waals surface area contributed by atoms with Crippen molar-refractivity contribution in [2.24, 2.45) is 10.7 Å². The number of aliphatic imine (C=N–C) groups is 1. The zero-order valence-electron chi connectivity index (χ0n) is 14.4. The lowest BCUT2D eigenvalue weighted by molar-refractivity contribution is 0.100. The molecule has 0 unspecified atom stereocenters. The number of nitrogens with two attached hydrogens (primary N) is 1. The number of nitrogens with zero attached hydrogens (tertiary/aromatic N) is 1. The summed E-state index contributed by atoms with van der Waals surface area (Å²) in [7, 11) is 1.73. The van der Waals surface area contributed by atoms with Crippen LogP contribution in [-0.4, -0.2) is 31.2 Å². The van der Waals surface area contributed by atoms with Crippen LogP contribution in [0.15, 0.2) is 58.4 Å². The monoisotopic (exact) mass is 504 g/mol. The van der Waals surface area contributed by atoms with Gasteiger partial charge < -0.3 is 16.4 Å². The van der Waals surface area contributed by atoms with Crippen molar-refractivity contribution in [2.75, 3.05) is 19.3 Å². The van der Waals surface area contributed by atoms with Gasteiger partial charge in [-0.15, -0.1) is 35.7 Å². The average molecular weight is 505 g/mol.